The number of hydrogen-bond acceptors (Lipinski definition) is 2. The van der Waals surface area contributed by atoms with E-state index in [0.717, 1.165) is 23.8 Å². The maximum Gasteiger partial charge on any atom is 0.191 e. The number of fused-ring (bicyclic) bond motifs is 1. The summed E-state index contributed by atoms with van der Waals surface area (Å²) in [6.07, 6.45) is 4.56. The third kappa shape index (κ3) is 2.92. The Kier molecular flexibility index (Phi) is 3.58. The normalized spacial score (nSPS) is 15.6. The van der Waals surface area contributed by atoms with E-state index in [-0.39, 0.29) is 0 Å². The molecule has 1 aliphatic rings. The molecule has 0 atom stereocenters. The first-order chi connectivity index (χ1) is 9.76. The first-order valence-electron chi connectivity index (χ1n) is 7.24. The standard InChI is InChI=1S/C15H21N5/c1-3-16-15(19-12-7-8-12)17-9-13-10-20-11(2)5-4-6-14(20)18-13/h4-6,10,12H,3,7-9H2,1-2H3,(H2,16,17,19). The van der Waals surface area contributed by atoms with E-state index in [2.05, 4.69) is 51.1 Å². The zero-order chi connectivity index (χ0) is 13.9. The summed E-state index contributed by atoms with van der Waals surface area (Å²) in [5.74, 6) is 0.892. The van der Waals surface area contributed by atoms with Gasteiger partial charge in [-0.05, 0) is 38.8 Å². The Morgan fingerprint density at radius 1 is 1.45 bits per heavy atom. The van der Waals surface area contributed by atoms with Crippen LogP contribution in [-0.4, -0.2) is 27.9 Å². The summed E-state index contributed by atoms with van der Waals surface area (Å²) in [6, 6.07) is 6.74. The van der Waals surface area contributed by atoms with Crippen LogP contribution in [0.25, 0.3) is 5.65 Å². The van der Waals surface area contributed by atoms with Crippen LogP contribution in [0.2, 0.25) is 0 Å². The second-order valence-electron chi connectivity index (χ2n) is 5.24. The van der Waals surface area contributed by atoms with E-state index in [1.807, 2.05) is 12.1 Å². The van der Waals surface area contributed by atoms with Gasteiger partial charge in [-0.3, -0.25) is 0 Å². The van der Waals surface area contributed by atoms with Crippen molar-refractivity contribution in [2.24, 2.45) is 4.99 Å². The molecule has 2 aromatic rings. The van der Waals surface area contributed by atoms with Gasteiger partial charge in [0, 0.05) is 24.5 Å². The van der Waals surface area contributed by atoms with Crippen molar-refractivity contribution in [2.45, 2.75) is 39.3 Å². The molecule has 0 aromatic carbocycles. The minimum absolute atomic E-state index is 0.600. The van der Waals surface area contributed by atoms with Crippen molar-refractivity contribution in [1.29, 1.82) is 0 Å². The van der Waals surface area contributed by atoms with Gasteiger partial charge in [0.2, 0.25) is 0 Å². The number of rotatable bonds is 4. The smallest absolute Gasteiger partial charge is 0.191 e. The fourth-order valence-electron chi connectivity index (χ4n) is 2.18. The topological polar surface area (TPSA) is 53.7 Å². The van der Waals surface area contributed by atoms with E-state index in [1.54, 1.807) is 0 Å². The minimum Gasteiger partial charge on any atom is -0.357 e. The Morgan fingerprint density at radius 2 is 2.30 bits per heavy atom. The first kappa shape index (κ1) is 13.0. The second-order valence-corrected chi connectivity index (χ2v) is 5.24. The highest BCUT2D eigenvalue weighted by Gasteiger charge is 2.22. The number of pyridine rings is 1. The van der Waals surface area contributed by atoms with Crippen molar-refractivity contribution < 1.29 is 0 Å². The fourth-order valence-corrected chi connectivity index (χ4v) is 2.18. The van der Waals surface area contributed by atoms with Crippen molar-refractivity contribution in [3.05, 3.63) is 35.8 Å². The summed E-state index contributed by atoms with van der Waals surface area (Å²) in [5, 5.41) is 6.69. The van der Waals surface area contributed by atoms with Gasteiger partial charge >= 0.3 is 0 Å². The van der Waals surface area contributed by atoms with Crippen molar-refractivity contribution in [2.75, 3.05) is 6.54 Å². The monoisotopic (exact) mass is 271 g/mol. The number of nitrogens with one attached hydrogen (secondary N) is 2. The molecule has 0 saturated heterocycles. The van der Waals surface area contributed by atoms with Gasteiger partial charge in [0.05, 0.1) is 12.2 Å². The molecule has 0 unspecified atom stereocenters. The van der Waals surface area contributed by atoms with Crippen LogP contribution in [-0.2, 0) is 6.54 Å². The van der Waals surface area contributed by atoms with Crippen LogP contribution < -0.4 is 10.6 Å². The highest BCUT2D eigenvalue weighted by molar-refractivity contribution is 5.80. The van der Waals surface area contributed by atoms with Gasteiger partial charge in [-0.2, -0.15) is 0 Å². The summed E-state index contributed by atoms with van der Waals surface area (Å²) in [6.45, 7) is 5.64. The van der Waals surface area contributed by atoms with E-state index < -0.39 is 0 Å². The molecule has 106 valence electrons. The van der Waals surface area contributed by atoms with Gasteiger partial charge in [0.1, 0.15) is 5.65 Å². The molecule has 0 amide bonds. The highest BCUT2D eigenvalue weighted by atomic mass is 15.2. The lowest BCUT2D eigenvalue weighted by Crippen LogP contribution is -2.38. The molecular weight excluding hydrogens is 250 g/mol. The largest absolute Gasteiger partial charge is 0.357 e. The summed E-state index contributed by atoms with van der Waals surface area (Å²) in [4.78, 5) is 9.21. The fraction of sp³-hybridized carbons (Fsp3) is 0.467. The molecule has 2 N–H and O–H groups in total. The summed E-state index contributed by atoms with van der Waals surface area (Å²) < 4.78 is 2.10. The quantitative estimate of drug-likeness (QED) is 0.659. The van der Waals surface area contributed by atoms with E-state index >= 15 is 0 Å². The van der Waals surface area contributed by atoms with Crippen LogP contribution in [0.15, 0.2) is 29.4 Å². The SMILES string of the molecule is CCNC(=NCc1cn2c(C)cccc2n1)NC1CC1. The first-order valence-corrected chi connectivity index (χ1v) is 7.24. The van der Waals surface area contributed by atoms with Crippen LogP contribution in [0.4, 0.5) is 0 Å². The Hall–Kier alpha value is -2.04. The van der Waals surface area contributed by atoms with E-state index in [9.17, 15) is 0 Å². The molecule has 5 nitrogen and oxygen atoms in total. The van der Waals surface area contributed by atoms with E-state index in [1.165, 1.54) is 18.5 Å². The number of aromatic nitrogens is 2. The van der Waals surface area contributed by atoms with Gasteiger partial charge in [0.25, 0.3) is 0 Å². The zero-order valence-corrected chi connectivity index (χ0v) is 12.1. The molecule has 0 spiro atoms. The molecule has 1 saturated carbocycles. The van der Waals surface area contributed by atoms with Crippen molar-refractivity contribution in [1.82, 2.24) is 20.0 Å². The van der Waals surface area contributed by atoms with Crippen molar-refractivity contribution in [3.8, 4) is 0 Å². The molecule has 3 rings (SSSR count). The Bertz CT molecular complexity index is 624. The highest BCUT2D eigenvalue weighted by Crippen LogP contribution is 2.18. The Morgan fingerprint density at radius 3 is 3.00 bits per heavy atom. The maximum atomic E-state index is 4.61. The van der Waals surface area contributed by atoms with Crippen LogP contribution in [0.5, 0.6) is 0 Å². The van der Waals surface area contributed by atoms with E-state index in [0.29, 0.717) is 12.6 Å². The van der Waals surface area contributed by atoms with Crippen LogP contribution in [0.1, 0.15) is 31.2 Å². The minimum atomic E-state index is 0.600. The van der Waals surface area contributed by atoms with Gasteiger partial charge in [-0.15, -0.1) is 0 Å². The van der Waals surface area contributed by atoms with Crippen LogP contribution >= 0.6 is 0 Å². The number of hydrogen-bond donors (Lipinski definition) is 2. The predicted octanol–water partition coefficient (Wildman–Crippen LogP) is 1.86. The Balaban J connectivity index is 1.75. The average Bonchev–Trinajstić information content (AvgIpc) is 3.14. The molecule has 1 aliphatic carbocycles. The number of nitrogens with zero attached hydrogens (tertiary/aromatic N) is 3. The molecule has 5 heteroatoms. The Labute approximate surface area is 119 Å². The molecule has 20 heavy (non-hydrogen) atoms. The van der Waals surface area contributed by atoms with Crippen LogP contribution in [0.3, 0.4) is 0 Å². The molecule has 0 radical (unpaired) electrons. The maximum absolute atomic E-state index is 4.61. The van der Waals surface area contributed by atoms with Crippen LogP contribution in [0, 0.1) is 6.92 Å². The number of aliphatic imine (C=N–C) groups is 1. The molecule has 2 aromatic heterocycles. The second kappa shape index (κ2) is 5.53. The third-order valence-corrected chi connectivity index (χ3v) is 3.41. The van der Waals surface area contributed by atoms with Crippen molar-refractivity contribution >= 4 is 11.6 Å². The van der Waals surface area contributed by atoms with Gasteiger partial charge < -0.3 is 15.0 Å². The molecule has 0 aliphatic heterocycles. The number of guanidine groups is 1. The average molecular weight is 271 g/mol. The third-order valence-electron chi connectivity index (χ3n) is 3.41. The summed E-state index contributed by atoms with van der Waals surface area (Å²) >= 11 is 0. The summed E-state index contributed by atoms with van der Waals surface area (Å²) in [5.41, 5.74) is 3.16. The number of imidazole rings is 1. The summed E-state index contributed by atoms with van der Waals surface area (Å²) in [7, 11) is 0. The number of aryl methyl sites for hydroxylation is 1. The lowest BCUT2D eigenvalue weighted by atomic mass is 10.4. The van der Waals surface area contributed by atoms with Gasteiger partial charge in [-0.25, -0.2) is 9.98 Å². The van der Waals surface area contributed by atoms with Gasteiger partial charge in [-0.1, -0.05) is 6.07 Å². The molecule has 1 fully saturated rings. The lowest BCUT2D eigenvalue weighted by molar-refractivity contribution is 0.809. The van der Waals surface area contributed by atoms with Crippen molar-refractivity contribution in [3.63, 3.8) is 0 Å². The molecular formula is C15H21N5. The molecule has 2 heterocycles. The molecule has 0 bridgehead atoms. The zero-order valence-electron chi connectivity index (χ0n) is 12.1. The van der Waals surface area contributed by atoms with E-state index in [4.69, 9.17) is 0 Å². The predicted molar refractivity (Wildman–Crippen MR) is 80.9 cm³/mol. The van der Waals surface area contributed by atoms with Gasteiger partial charge in [0.15, 0.2) is 5.96 Å². The lowest BCUT2D eigenvalue weighted by Gasteiger charge is -2.09.